The summed E-state index contributed by atoms with van der Waals surface area (Å²) in [5.41, 5.74) is 4.15. The van der Waals surface area contributed by atoms with E-state index in [0.717, 1.165) is 41.2 Å². The molecule has 3 aromatic rings. The molecule has 3 rings (SSSR count). The highest BCUT2D eigenvalue weighted by molar-refractivity contribution is 14.1. The molecule has 0 saturated heterocycles. The molecule has 0 amide bonds. The molecule has 0 atom stereocenters. The fourth-order valence-electron chi connectivity index (χ4n) is 2.71. The highest BCUT2D eigenvalue weighted by atomic mass is 127. The van der Waals surface area contributed by atoms with Crippen LogP contribution in [0.25, 0.3) is 11.0 Å². The average molecular weight is 447 g/mol. The maximum atomic E-state index is 4.70. The predicted molar refractivity (Wildman–Crippen MR) is 112 cm³/mol. The van der Waals surface area contributed by atoms with Gasteiger partial charge in [-0.05, 0) is 44.0 Å². The van der Waals surface area contributed by atoms with Crippen molar-refractivity contribution in [3.05, 3.63) is 54.0 Å². The molecule has 0 aliphatic heterocycles. The molecule has 3 aromatic heterocycles. The second-order valence-corrected chi connectivity index (χ2v) is 7.16. The van der Waals surface area contributed by atoms with E-state index in [1.165, 1.54) is 5.56 Å². The monoisotopic (exact) mass is 447 g/mol. The summed E-state index contributed by atoms with van der Waals surface area (Å²) in [5, 5.41) is 4.59. The number of nitrogens with one attached hydrogen (secondary N) is 1. The minimum atomic E-state index is 0.354. The third kappa shape index (κ3) is 4.00. The normalized spacial score (nSPS) is 11.1. The molecule has 0 spiro atoms. The molecule has 0 aliphatic carbocycles. The molecule has 0 radical (unpaired) electrons. The van der Waals surface area contributed by atoms with Gasteiger partial charge in [-0.15, -0.1) is 0 Å². The van der Waals surface area contributed by atoms with Crippen LogP contribution in [0.3, 0.4) is 0 Å². The molecule has 0 unspecified atom stereocenters. The fourth-order valence-corrected chi connectivity index (χ4v) is 2.95. The second kappa shape index (κ2) is 7.95. The van der Waals surface area contributed by atoms with Crippen molar-refractivity contribution in [3.8, 4) is 0 Å². The maximum absolute atomic E-state index is 4.70. The van der Waals surface area contributed by atoms with E-state index in [0.29, 0.717) is 6.04 Å². The van der Waals surface area contributed by atoms with E-state index in [2.05, 4.69) is 80.2 Å². The molecule has 0 aliphatic rings. The van der Waals surface area contributed by atoms with E-state index >= 15 is 0 Å². The smallest absolute Gasteiger partial charge is 0.163 e. The molecule has 3 heterocycles. The highest BCUT2D eigenvalue weighted by Gasteiger charge is 2.13. The summed E-state index contributed by atoms with van der Waals surface area (Å²) in [6.07, 6.45) is 4.56. The Bertz CT molecular complexity index is 865. The number of hydrogen-bond acceptors (Lipinski definition) is 5. The van der Waals surface area contributed by atoms with E-state index in [-0.39, 0.29) is 0 Å². The minimum Gasteiger partial charge on any atom is -0.380 e. The Kier molecular flexibility index (Phi) is 5.67. The molecule has 1 N–H and O–H groups in total. The molecule has 25 heavy (non-hydrogen) atoms. The van der Waals surface area contributed by atoms with Gasteiger partial charge < -0.3 is 5.32 Å². The van der Waals surface area contributed by atoms with Crippen molar-refractivity contribution in [3.63, 3.8) is 0 Å². The Balaban J connectivity index is 1.96. The Hall–Kier alpha value is -1.96. The van der Waals surface area contributed by atoms with Crippen LogP contribution in [0.1, 0.15) is 32.0 Å². The SMILES string of the molecule is CCc1ncccc1CNc1cc(N(I)C(C)C)nc2ncccc12. The van der Waals surface area contributed by atoms with Crippen LogP contribution in [0.5, 0.6) is 0 Å². The molecular formula is C19H22IN5. The number of rotatable bonds is 6. The van der Waals surface area contributed by atoms with Crippen LogP contribution >= 0.6 is 22.9 Å². The van der Waals surface area contributed by atoms with E-state index in [9.17, 15) is 0 Å². The van der Waals surface area contributed by atoms with Gasteiger partial charge >= 0.3 is 0 Å². The summed E-state index contributed by atoms with van der Waals surface area (Å²) < 4.78 is 2.12. The van der Waals surface area contributed by atoms with Crippen molar-refractivity contribution >= 4 is 45.4 Å². The van der Waals surface area contributed by atoms with Gasteiger partial charge in [0, 0.05) is 47.8 Å². The van der Waals surface area contributed by atoms with Gasteiger partial charge in [-0.2, -0.15) is 0 Å². The van der Waals surface area contributed by atoms with Crippen LogP contribution in [-0.2, 0) is 13.0 Å². The molecule has 130 valence electrons. The summed E-state index contributed by atoms with van der Waals surface area (Å²) in [5.74, 6) is 0.909. The van der Waals surface area contributed by atoms with Crippen molar-refractivity contribution in [2.24, 2.45) is 0 Å². The van der Waals surface area contributed by atoms with Crippen LogP contribution in [0.15, 0.2) is 42.7 Å². The van der Waals surface area contributed by atoms with Gasteiger partial charge in [0.05, 0.1) is 22.9 Å². The number of halogens is 1. The fraction of sp³-hybridized carbons (Fsp3) is 0.316. The predicted octanol–water partition coefficient (Wildman–Crippen LogP) is 4.76. The number of nitrogens with zero attached hydrogens (tertiary/aromatic N) is 4. The van der Waals surface area contributed by atoms with Gasteiger partial charge in [0.2, 0.25) is 0 Å². The topological polar surface area (TPSA) is 53.9 Å². The minimum absolute atomic E-state index is 0.354. The van der Waals surface area contributed by atoms with Crippen LogP contribution < -0.4 is 8.43 Å². The zero-order valence-electron chi connectivity index (χ0n) is 14.7. The zero-order chi connectivity index (χ0) is 17.8. The Labute approximate surface area is 162 Å². The largest absolute Gasteiger partial charge is 0.380 e. The first-order valence-electron chi connectivity index (χ1n) is 8.47. The Morgan fingerprint density at radius 3 is 2.68 bits per heavy atom. The molecule has 0 aromatic carbocycles. The van der Waals surface area contributed by atoms with E-state index < -0.39 is 0 Å². The third-order valence-electron chi connectivity index (χ3n) is 4.03. The Morgan fingerprint density at radius 2 is 1.92 bits per heavy atom. The van der Waals surface area contributed by atoms with E-state index in [1.807, 2.05) is 18.3 Å². The van der Waals surface area contributed by atoms with Crippen LogP contribution in [0, 0.1) is 0 Å². The maximum Gasteiger partial charge on any atom is 0.163 e. The first kappa shape index (κ1) is 17.8. The summed E-state index contributed by atoms with van der Waals surface area (Å²) in [4.78, 5) is 13.6. The molecule has 5 nitrogen and oxygen atoms in total. The van der Waals surface area contributed by atoms with Gasteiger partial charge in [-0.1, -0.05) is 13.0 Å². The second-order valence-electron chi connectivity index (χ2n) is 6.12. The van der Waals surface area contributed by atoms with Gasteiger partial charge in [0.25, 0.3) is 0 Å². The first-order chi connectivity index (χ1) is 12.1. The number of anilines is 2. The molecule has 0 saturated carbocycles. The first-order valence-corrected chi connectivity index (χ1v) is 9.44. The lowest BCUT2D eigenvalue weighted by Crippen LogP contribution is -2.20. The van der Waals surface area contributed by atoms with Crippen molar-refractivity contribution in [1.82, 2.24) is 15.0 Å². The van der Waals surface area contributed by atoms with E-state index in [1.54, 1.807) is 6.20 Å². The third-order valence-corrected chi connectivity index (χ3v) is 5.64. The average Bonchev–Trinajstić information content (AvgIpc) is 2.65. The molecule has 0 bridgehead atoms. The van der Waals surface area contributed by atoms with Crippen LogP contribution in [-0.4, -0.2) is 21.0 Å². The lowest BCUT2D eigenvalue weighted by atomic mass is 10.1. The number of hydrogen-bond donors (Lipinski definition) is 1. The van der Waals surface area contributed by atoms with Crippen molar-refractivity contribution in [1.29, 1.82) is 0 Å². The summed E-state index contributed by atoms with van der Waals surface area (Å²) >= 11 is 2.30. The van der Waals surface area contributed by atoms with E-state index in [4.69, 9.17) is 4.98 Å². The van der Waals surface area contributed by atoms with Crippen molar-refractivity contribution < 1.29 is 0 Å². The van der Waals surface area contributed by atoms with Crippen LogP contribution in [0.4, 0.5) is 11.5 Å². The lowest BCUT2D eigenvalue weighted by Gasteiger charge is -2.21. The number of fused-ring (bicyclic) bond motifs is 1. The summed E-state index contributed by atoms with van der Waals surface area (Å²) in [7, 11) is 0. The number of aryl methyl sites for hydroxylation is 1. The van der Waals surface area contributed by atoms with Crippen molar-refractivity contribution in [2.45, 2.75) is 39.8 Å². The zero-order valence-corrected chi connectivity index (χ0v) is 16.9. The highest BCUT2D eigenvalue weighted by Crippen LogP contribution is 2.29. The molecule has 6 heteroatoms. The quantitative estimate of drug-likeness (QED) is 0.436. The van der Waals surface area contributed by atoms with Gasteiger partial charge in [-0.3, -0.25) is 8.10 Å². The van der Waals surface area contributed by atoms with Gasteiger partial charge in [-0.25, -0.2) is 9.97 Å². The number of pyridine rings is 3. The summed E-state index contributed by atoms with van der Waals surface area (Å²) in [6, 6.07) is 10.6. The van der Waals surface area contributed by atoms with Crippen molar-refractivity contribution in [2.75, 3.05) is 8.43 Å². The molecular weight excluding hydrogens is 425 g/mol. The Morgan fingerprint density at radius 1 is 1.16 bits per heavy atom. The number of aromatic nitrogens is 3. The van der Waals surface area contributed by atoms with Gasteiger partial charge in [0.15, 0.2) is 5.65 Å². The lowest BCUT2D eigenvalue weighted by molar-refractivity contribution is 0.845. The van der Waals surface area contributed by atoms with Crippen LogP contribution in [0.2, 0.25) is 0 Å². The molecule has 0 fully saturated rings. The summed E-state index contributed by atoms with van der Waals surface area (Å²) in [6.45, 7) is 7.15. The standard InChI is InChI=1S/C19H22IN5/c1-4-16-14(7-5-9-21-16)12-23-17-11-18(25(20)13(2)3)24-19-15(17)8-6-10-22-19/h5-11,13H,4,12H2,1-3H3,(H,22,23,24). The van der Waals surface area contributed by atoms with Gasteiger partial charge in [0.1, 0.15) is 5.82 Å².